The van der Waals surface area contributed by atoms with Crippen LogP contribution in [0.5, 0.6) is 17.2 Å². The first-order valence-corrected chi connectivity index (χ1v) is 13.1. The van der Waals surface area contributed by atoms with Crippen LogP contribution in [-0.2, 0) is 24.3 Å². The molecule has 4 aromatic rings. The number of rotatable bonds is 12. The third kappa shape index (κ3) is 6.54. The fraction of sp³-hybridized carbons (Fsp3) is 0.290. The number of fused-ring (bicyclic) bond motifs is 1. The summed E-state index contributed by atoms with van der Waals surface area (Å²) in [6.45, 7) is 5.18. The van der Waals surface area contributed by atoms with Gasteiger partial charge in [-0.2, -0.15) is 0 Å². The zero-order chi connectivity index (χ0) is 28.6. The van der Waals surface area contributed by atoms with Gasteiger partial charge >= 0.3 is 0 Å². The Morgan fingerprint density at radius 2 is 1.62 bits per heavy atom. The second-order valence-corrected chi connectivity index (χ2v) is 9.27. The van der Waals surface area contributed by atoms with Crippen molar-refractivity contribution in [2.75, 3.05) is 27.4 Å². The molecule has 0 bridgehead atoms. The molecule has 0 spiro atoms. The largest absolute Gasteiger partial charge is 0.493 e. The van der Waals surface area contributed by atoms with Gasteiger partial charge in [0.25, 0.3) is 11.8 Å². The molecule has 8 nitrogen and oxygen atoms in total. The van der Waals surface area contributed by atoms with Crippen LogP contribution in [0, 0.1) is 12.7 Å². The maximum absolute atomic E-state index is 13.3. The molecule has 0 aliphatic rings. The van der Waals surface area contributed by atoms with Crippen molar-refractivity contribution in [3.63, 3.8) is 0 Å². The van der Waals surface area contributed by atoms with Crippen molar-refractivity contribution in [3.8, 4) is 17.2 Å². The van der Waals surface area contributed by atoms with E-state index >= 15 is 0 Å². The summed E-state index contributed by atoms with van der Waals surface area (Å²) in [5.74, 6) is 0.972. The molecule has 0 saturated carbocycles. The van der Waals surface area contributed by atoms with Crippen LogP contribution in [-0.4, -0.2) is 43.8 Å². The molecule has 210 valence electrons. The van der Waals surface area contributed by atoms with Gasteiger partial charge in [0.15, 0.2) is 18.1 Å². The molecule has 2 amide bonds. The molecule has 0 unspecified atom stereocenters. The summed E-state index contributed by atoms with van der Waals surface area (Å²) in [5, 5.41) is 6.55. The molecule has 40 heavy (non-hydrogen) atoms. The van der Waals surface area contributed by atoms with Gasteiger partial charge in [-0.15, -0.1) is 0 Å². The van der Waals surface area contributed by atoms with E-state index in [4.69, 9.17) is 14.2 Å². The zero-order valence-electron chi connectivity index (χ0n) is 23.2. The van der Waals surface area contributed by atoms with Crippen molar-refractivity contribution in [2.24, 2.45) is 0 Å². The van der Waals surface area contributed by atoms with E-state index in [1.165, 1.54) is 12.1 Å². The molecule has 0 saturated heterocycles. The number of halogens is 1. The van der Waals surface area contributed by atoms with Crippen molar-refractivity contribution in [1.29, 1.82) is 0 Å². The third-order valence-electron chi connectivity index (χ3n) is 6.76. The molecule has 4 rings (SSSR count). The number of ether oxygens (including phenoxy) is 3. The van der Waals surface area contributed by atoms with Crippen molar-refractivity contribution in [3.05, 3.63) is 88.9 Å². The van der Waals surface area contributed by atoms with Crippen LogP contribution in [0.4, 0.5) is 4.39 Å². The Kier molecular flexibility index (Phi) is 9.27. The summed E-state index contributed by atoms with van der Waals surface area (Å²) in [6, 6.07) is 17.1. The average Bonchev–Trinajstić information content (AvgIpc) is 3.25. The van der Waals surface area contributed by atoms with Gasteiger partial charge in [0.05, 0.1) is 19.8 Å². The molecular weight excluding hydrogens is 513 g/mol. The highest BCUT2D eigenvalue weighted by atomic mass is 19.1. The van der Waals surface area contributed by atoms with E-state index in [0.717, 1.165) is 27.7 Å². The Balaban J connectivity index is 1.42. The number of carbonyl (C=O) groups excluding carboxylic acids is 2. The van der Waals surface area contributed by atoms with E-state index in [-0.39, 0.29) is 30.8 Å². The van der Waals surface area contributed by atoms with Gasteiger partial charge in [0, 0.05) is 36.2 Å². The average molecular weight is 548 g/mol. The number of carbonyl (C=O) groups is 2. The lowest BCUT2D eigenvalue weighted by atomic mass is 10.1. The maximum Gasteiger partial charge on any atom is 0.258 e. The monoisotopic (exact) mass is 547 g/mol. The van der Waals surface area contributed by atoms with Crippen LogP contribution in [0.15, 0.2) is 60.7 Å². The molecule has 2 N–H and O–H groups in total. The minimum atomic E-state index is -0.327. The molecule has 0 aliphatic carbocycles. The molecule has 1 aromatic heterocycles. The predicted octanol–water partition coefficient (Wildman–Crippen LogP) is 4.79. The van der Waals surface area contributed by atoms with Crippen LogP contribution in [0.2, 0.25) is 0 Å². The lowest BCUT2D eigenvalue weighted by Crippen LogP contribution is -2.28. The highest BCUT2D eigenvalue weighted by Gasteiger charge is 2.20. The van der Waals surface area contributed by atoms with Crippen molar-refractivity contribution < 1.29 is 28.2 Å². The quantitative estimate of drug-likeness (QED) is 0.266. The van der Waals surface area contributed by atoms with Crippen LogP contribution in [0.25, 0.3) is 10.9 Å². The van der Waals surface area contributed by atoms with E-state index < -0.39 is 0 Å². The molecule has 0 fully saturated rings. The first-order valence-electron chi connectivity index (χ1n) is 13.1. The number of hydrogen-bond acceptors (Lipinski definition) is 5. The summed E-state index contributed by atoms with van der Waals surface area (Å²) in [7, 11) is 3.18. The first-order chi connectivity index (χ1) is 19.3. The van der Waals surface area contributed by atoms with E-state index in [1.807, 2.05) is 38.1 Å². The maximum atomic E-state index is 13.3. The third-order valence-corrected chi connectivity index (χ3v) is 6.76. The summed E-state index contributed by atoms with van der Waals surface area (Å²) >= 11 is 0. The van der Waals surface area contributed by atoms with Gasteiger partial charge in [-0.3, -0.25) is 9.59 Å². The Hall–Kier alpha value is -4.53. The highest BCUT2D eigenvalue weighted by molar-refractivity contribution is 6.08. The predicted molar refractivity (Wildman–Crippen MR) is 152 cm³/mol. The SMILES string of the molecule is CCn1c(C)c(C(=O)NCCc2ccc(OC)c(OC)c2)c2cc(OCC(=O)NCc3ccc(F)cc3)ccc21. The van der Waals surface area contributed by atoms with E-state index in [9.17, 15) is 14.0 Å². The Morgan fingerprint density at radius 1 is 0.900 bits per heavy atom. The number of hydrogen-bond donors (Lipinski definition) is 2. The van der Waals surface area contributed by atoms with Crippen molar-refractivity contribution in [2.45, 2.75) is 33.4 Å². The van der Waals surface area contributed by atoms with Crippen LogP contribution in [0.3, 0.4) is 0 Å². The fourth-order valence-corrected chi connectivity index (χ4v) is 4.69. The van der Waals surface area contributed by atoms with E-state index in [2.05, 4.69) is 15.2 Å². The topological polar surface area (TPSA) is 90.8 Å². The lowest BCUT2D eigenvalue weighted by molar-refractivity contribution is -0.123. The van der Waals surface area contributed by atoms with Gasteiger partial charge < -0.3 is 29.4 Å². The highest BCUT2D eigenvalue weighted by Crippen LogP contribution is 2.30. The van der Waals surface area contributed by atoms with Crippen molar-refractivity contribution >= 4 is 22.7 Å². The summed E-state index contributed by atoms with van der Waals surface area (Å²) in [5.41, 5.74) is 4.15. The fourth-order valence-electron chi connectivity index (χ4n) is 4.69. The Morgan fingerprint density at radius 3 is 2.33 bits per heavy atom. The van der Waals surface area contributed by atoms with Crippen LogP contribution in [0.1, 0.15) is 34.1 Å². The van der Waals surface area contributed by atoms with Gasteiger partial charge in [-0.1, -0.05) is 18.2 Å². The summed E-state index contributed by atoms with van der Waals surface area (Å²) < 4.78 is 31.6. The molecule has 9 heteroatoms. The molecule has 0 atom stereocenters. The number of methoxy groups -OCH3 is 2. The van der Waals surface area contributed by atoms with Crippen molar-refractivity contribution in [1.82, 2.24) is 15.2 Å². The van der Waals surface area contributed by atoms with Crippen LogP contribution < -0.4 is 24.8 Å². The molecule has 3 aromatic carbocycles. The number of benzene rings is 3. The van der Waals surface area contributed by atoms with Gasteiger partial charge in [0.2, 0.25) is 0 Å². The molecular formula is C31H34FN3O5. The molecule has 1 heterocycles. The normalized spacial score (nSPS) is 10.8. The van der Waals surface area contributed by atoms with Gasteiger partial charge in [0.1, 0.15) is 11.6 Å². The second-order valence-electron chi connectivity index (χ2n) is 9.27. The summed E-state index contributed by atoms with van der Waals surface area (Å²) in [4.78, 5) is 25.7. The number of nitrogens with zero attached hydrogens (tertiary/aromatic N) is 1. The number of amides is 2. The number of nitrogens with one attached hydrogen (secondary N) is 2. The first kappa shape index (κ1) is 28.5. The minimum Gasteiger partial charge on any atom is -0.493 e. The lowest BCUT2D eigenvalue weighted by Gasteiger charge is -2.10. The smallest absolute Gasteiger partial charge is 0.258 e. The summed E-state index contributed by atoms with van der Waals surface area (Å²) in [6.07, 6.45) is 0.624. The van der Waals surface area contributed by atoms with Crippen LogP contribution >= 0.6 is 0 Å². The molecule has 0 radical (unpaired) electrons. The van der Waals surface area contributed by atoms with E-state index in [0.29, 0.717) is 42.3 Å². The minimum absolute atomic E-state index is 0.177. The number of aryl methyl sites for hydroxylation is 1. The standard InChI is InChI=1S/C31H34FN3O5/c1-5-35-20(2)30(31(37)33-15-14-21-8-13-27(38-3)28(16-21)39-4)25-17-24(11-12-26(25)35)40-19-29(36)34-18-22-6-9-23(32)10-7-22/h6-13,16-17H,5,14-15,18-19H2,1-4H3,(H,33,37)(H,34,36). The number of aromatic nitrogens is 1. The second kappa shape index (κ2) is 13.0. The van der Waals surface area contributed by atoms with Gasteiger partial charge in [-0.25, -0.2) is 4.39 Å². The molecule has 0 aliphatic heterocycles. The Labute approximate surface area is 233 Å². The van der Waals surface area contributed by atoms with Gasteiger partial charge in [-0.05, 0) is 73.9 Å². The zero-order valence-corrected chi connectivity index (χ0v) is 23.2. The Bertz CT molecular complexity index is 1500. The van der Waals surface area contributed by atoms with E-state index in [1.54, 1.807) is 38.5 Å².